The highest BCUT2D eigenvalue weighted by Crippen LogP contribution is 2.42. The van der Waals surface area contributed by atoms with Crippen molar-refractivity contribution in [1.29, 1.82) is 0 Å². The van der Waals surface area contributed by atoms with E-state index in [1.165, 1.54) is 17.8 Å². The van der Waals surface area contributed by atoms with E-state index >= 15 is 0 Å². The number of hydrogen-bond donors (Lipinski definition) is 0. The summed E-state index contributed by atoms with van der Waals surface area (Å²) < 4.78 is 7.43. The molecule has 0 N–H and O–H groups in total. The molecule has 2 aromatic carbocycles. The number of nitro groups is 1. The number of carbonyl (C=O) groups excluding carboxylic acids is 1. The second-order valence-electron chi connectivity index (χ2n) is 7.77. The maximum absolute atomic E-state index is 12.7. The smallest absolute Gasteiger partial charge is 0.317 e. The molecule has 8 heteroatoms. The molecule has 0 spiro atoms. The van der Waals surface area contributed by atoms with Crippen LogP contribution in [0.5, 0.6) is 5.88 Å². The molecule has 0 saturated heterocycles. The van der Waals surface area contributed by atoms with Gasteiger partial charge in [0.2, 0.25) is 5.88 Å². The van der Waals surface area contributed by atoms with Crippen LogP contribution in [0.2, 0.25) is 0 Å². The largest absolute Gasteiger partial charge is 0.406 e. The van der Waals surface area contributed by atoms with Gasteiger partial charge in [0.1, 0.15) is 0 Å². The van der Waals surface area contributed by atoms with E-state index in [0.29, 0.717) is 21.4 Å². The summed E-state index contributed by atoms with van der Waals surface area (Å²) in [5, 5.41) is 16.0. The molecule has 0 fully saturated rings. The minimum Gasteiger partial charge on any atom is -0.406 e. The van der Waals surface area contributed by atoms with Crippen LogP contribution in [0.3, 0.4) is 0 Å². The number of esters is 1. The number of aromatic nitrogens is 2. The lowest BCUT2D eigenvalue weighted by molar-refractivity contribution is -0.387. The molecule has 0 aliphatic rings. The van der Waals surface area contributed by atoms with Crippen LogP contribution in [0, 0.1) is 17.0 Å². The molecule has 3 aromatic rings. The van der Waals surface area contributed by atoms with Gasteiger partial charge in [-0.15, -0.1) is 0 Å². The topological polar surface area (TPSA) is 87.3 Å². The molecule has 7 nitrogen and oxygen atoms in total. The van der Waals surface area contributed by atoms with E-state index in [1.54, 1.807) is 29.8 Å². The fourth-order valence-electron chi connectivity index (χ4n) is 2.86. The summed E-state index contributed by atoms with van der Waals surface area (Å²) in [4.78, 5) is 24.7. The van der Waals surface area contributed by atoms with Crippen molar-refractivity contribution in [3.8, 4) is 5.88 Å². The second-order valence-corrected chi connectivity index (χ2v) is 8.82. The van der Waals surface area contributed by atoms with Gasteiger partial charge in [-0.05, 0) is 39.3 Å². The zero-order valence-electron chi connectivity index (χ0n) is 17.3. The SMILES string of the molecule is Cc1nn(C(C)(C)C)c(OC(=O)Cc2ccccc2)c1Sc1ccccc1[N+](=O)[O-]. The Hall–Kier alpha value is -3.13. The molecule has 0 bridgehead atoms. The molecule has 1 heterocycles. The van der Waals surface area contributed by atoms with E-state index < -0.39 is 16.4 Å². The van der Waals surface area contributed by atoms with Gasteiger partial charge < -0.3 is 4.74 Å². The number of benzene rings is 2. The first-order valence-corrected chi connectivity index (χ1v) is 10.2. The second kappa shape index (κ2) is 8.71. The van der Waals surface area contributed by atoms with Gasteiger partial charge in [0.25, 0.3) is 5.69 Å². The van der Waals surface area contributed by atoms with Crippen LogP contribution in [0.4, 0.5) is 5.69 Å². The van der Waals surface area contributed by atoms with Crippen molar-refractivity contribution < 1.29 is 14.5 Å². The van der Waals surface area contributed by atoms with Crippen LogP contribution in [-0.4, -0.2) is 20.7 Å². The van der Waals surface area contributed by atoms with Crippen molar-refractivity contribution in [3.63, 3.8) is 0 Å². The number of aryl methyl sites for hydroxylation is 1. The zero-order chi connectivity index (χ0) is 21.9. The Balaban J connectivity index is 1.99. The maximum Gasteiger partial charge on any atom is 0.317 e. The van der Waals surface area contributed by atoms with Crippen LogP contribution in [0.15, 0.2) is 64.4 Å². The van der Waals surface area contributed by atoms with Crippen molar-refractivity contribution in [2.75, 3.05) is 0 Å². The first kappa shape index (κ1) is 21.6. The summed E-state index contributed by atoms with van der Waals surface area (Å²) in [5.74, 6) is -0.125. The number of ether oxygens (including phenoxy) is 1. The maximum atomic E-state index is 12.7. The first-order valence-electron chi connectivity index (χ1n) is 9.43. The summed E-state index contributed by atoms with van der Waals surface area (Å²) in [5.41, 5.74) is 1.02. The average Bonchev–Trinajstić information content (AvgIpc) is 2.99. The van der Waals surface area contributed by atoms with Gasteiger partial charge in [-0.1, -0.05) is 54.2 Å². The van der Waals surface area contributed by atoms with Crippen molar-refractivity contribution in [2.24, 2.45) is 0 Å². The van der Waals surface area contributed by atoms with Crippen LogP contribution in [0.25, 0.3) is 0 Å². The van der Waals surface area contributed by atoms with E-state index in [9.17, 15) is 14.9 Å². The van der Waals surface area contributed by atoms with E-state index in [1.807, 2.05) is 51.1 Å². The van der Waals surface area contributed by atoms with Gasteiger partial charge in [0, 0.05) is 6.07 Å². The van der Waals surface area contributed by atoms with Crippen LogP contribution >= 0.6 is 11.8 Å². The Kier molecular flexibility index (Phi) is 6.26. The van der Waals surface area contributed by atoms with Gasteiger partial charge in [0.05, 0.1) is 32.4 Å². The van der Waals surface area contributed by atoms with Crippen molar-refractivity contribution in [2.45, 2.75) is 49.4 Å². The molecule has 0 aliphatic carbocycles. The highest BCUT2D eigenvalue weighted by atomic mass is 32.2. The fraction of sp³-hybridized carbons (Fsp3) is 0.273. The Morgan fingerprint density at radius 3 is 2.40 bits per heavy atom. The highest BCUT2D eigenvalue weighted by Gasteiger charge is 2.28. The van der Waals surface area contributed by atoms with E-state index in [0.717, 1.165) is 5.56 Å². The Labute approximate surface area is 179 Å². The Bertz CT molecular complexity index is 1070. The lowest BCUT2D eigenvalue weighted by Gasteiger charge is -2.22. The summed E-state index contributed by atoms with van der Waals surface area (Å²) in [7, 11) is 0. The van der Waals surface area contributed by atoms with Crippen LogP contribution in [0.1, 0.15) is 32.0 Å². The standard InChI is InChI=1S/C22H23N3O4S/c1-15-20(30-18-13-9-8-12-17(18)25(27)28)21(24(23-15)22(2,3)4)29-19(26)14-16-10-6-5-7-11-16/h5-13H,14H2,1-4H3. The molecule has 156 valence electrons. The number of hydrogen-bond acceptors (Lipinski definition) is 6. The molecule has 0 aliphatic heterocycles. The lowest BCUT2D eigenvalue weighted by atomic mass is 10.1. The molecule has 0 amide bonds. The normalized spacial score (nSPS) is 11.3. The summed E-state index contributed by atoms with van der Waals surface area (Å²) >= 11 is 1.18. The molecule has 30 heavy (non-hydrogen) atoms. The predicted octanol–water partition coefficient (Wildman–Crippen LogP) is 5.15. The number of rotatable bonds is 6. The van der Waals surface area contributed by atoms with Crippen LogP contribution in [-0.2, 0) is 16.8 Å². The molecule has 0 radical (unpaired) electrons. The number of nitrogens with zero attached hydrogens (tertiary/aromatic N) is 3. The zero-order valence-corrected chi connectivity index (χ0v) is 18.1. The van der Waals surface area contributed by atoms with E-state index in [-0.39, 0.29) is 12.1 Å². The third-order valence-corrected chi connectivity index (χ3v) is 5.52. The van der Waals surface area contributed by atoms with Gasteiger partial charge >= 0.3 is 5.97 Å². The number of para-hydroxylation sites is 1. The van der Waals surface area contributed by atoms with E-state index in [2.05, 4.69) is 5.10 Å². The third kappa shape index (κ3) is 4.88. The van der Waals surface area contributed by atoms with Crippen molar-refractivity contribution >= 4 is 23.4 Å². The summed E-state index contributed by atoms with van der Waals surface area (Å²) in [6, 6.07) is 15.8. The lowest BCUT2D eigenvalue weighted by Crippen LogP contribution is -2.26. The summed E-state index contributed by atoms with van der Waals surface area (Å²) in [6.07, 6.45) is 0.116. The predicted molar refractivity (Wildman–Crippen MR) is 115 cm³/mol. The van der Waals surface area contributed by atoms with Crippen molar-refractivity contribution in [3.05, 3.63) is 76.0 Å². The van der Waals surface area contributed by atoms with Gasteiger partial charge in [-0.2, -0.15) is 5.10 Å². The van der Waals surface area contributed by atoms with Gasteiger partial charge in [-0.3, -0.25) is 14.9 Å². The van der Waals surface area contributed by atoms with Gasteiger partial charge in [-0.25, -0.2) is 4.68 Å². The molecule has 0 unspecified atom stereocenters. The monoisotopic (exact) mass is 425 g/mol. The minimum absolute atomic E-state index is 0.00743. The molecule has 0 saturated carbocycles. The first-order chi connectivity index (χ1) is 14.2. The molecule has 3 rings (SSSR count). The highest BCUT2D eigenvalue weighted by molar-refractivity contribution is 7.99. The number of carbonyl (C=O) groups is 1. The molecular formula is C22H23N3O4S. The summed E-state index contributed by atoms with van der Waals surface area (Å²) in [6.45, 7) is 7.65. The minimum atomic E-state index is -0.450. The quantitative estimate of drug-likeness (QED) is 0.308. The average molecular weight is 426 g/mol. The Morgan fingerprint density at radius 2 is 1.77 bits per heavy atom. The molecule has 0 atom stereocenters. The van der Waals surface area contributed by atoms with Gasteiger partial charge in [0.15, 0.2) is 0 Å². The fourth-order valence-corrected chi connectivity index (χ4v) is 3.88. The van der Waals surface area contributed by atoms with Crippen molar-refractivity contribution in [1.82, 2.24) is 9.78 Å². The van der Waals surface area contributed by atoms with Crippen LogP contribution < -0.4 is 4.74 Å². The third-order valence-electron chi connectivity index (χ3n) is 4.28. The van der Waals surface area contributed by atoms with E-state index in [4.69, 9.17) is 4.74 Å². The molecular weight excluding hydrogens is 402 g/mol. The Morgan fingerprint density at radius 1 is 1.13 bits per heavy atom. The molecule has 1 aromatic heterocycles. The number of nitro benzene ring substituents is 1.